The fourth-order valence-electron chi connectivity index (χ4n) is 2.08. The molecule has 11 heteroatoms. The predicted molar refractivity (Wildman–Crippen MR) is 83.3 cm³/mol. The first-order valence-corrected chi connectivity index (χ1v) is 7.49. The van der Waals surface area contributed by atoms with Gasteiger partial charge < -0.3 is 10.6 Å². The highest BCUT2D eigenvalue weighted by Gasteiger charge is 2.37. The van der Waals surface area contributed by atoms with Crippen molar-refractivity contribution >= 4 is 17.5 Å². The van der Waals surface area contributed by atoms with Crippen LogP contribution < -0.4 is 10.6 Å². The van der Waals surface area contributed by atoms with Crippen LogP contribution in [-0.4, -0.2) is 11.8 Å². The van der Waals surface area contributed by atoms with Gasteiger partial charge in [-0.15, -0.1) is 0 Å². The van der Waals surface area contributed by atoms with Crippen LogP contribution in [0.2, 0.25) is 0 Å². The van der Waals surface area contributed by atoms with Crippen molar-refractivity contribution in [2.75, 3.05) is 5.32 Å². The van der Waals surface area contributed by atoms with Gasteiger partial charge in [-0.2, -0.15) is 26.3 Å². The fraction of sp³-hybridized carbons (Fsp3) is 0.176. The second-order valence-corrected chi connectivity index (χ2v) is 5.56. The van der Waals surface area contributed by atoms with E-state index in [0.717, 1.165) is 12.1 Å². The topological polar surface area (TPSA) is 58.2 Å². The minimum absolute atomic E-state index is 0.107. The Bertz CT molecular complexity index is 842. The molecule has 150 valence electrons. The number of anilines is 1. The van der Waals surface area contributed by atoms with Crippen molar-refractivity contribution in [2.45, 2.75) is 18.9 Å². The van der Waals surface area contributed by atoms with Gasteiger partial charge in [0.15, 0.2) is 0 Å². The van der Waals surface area contributed by atoms with Gasteiger partial charge in [0.05, 0.1) is 11.1 Å². The first kappa shape index (κ1) is 21.2. The molecule has 0 saturated heterocycles. The SMILES string of the molecule is O=C(NCc1ccc(F)cc1)C(=O)Nc1cc(C(F)(F)F)cc(C(F)(F)F)c1. The molecule has 0 fully saturated rings. The molecule has 0 aliphatic rings. The van der Waals surface area contributed by atoms with E-state index in [2.05, 4.69) is 5.32 Å². The molecule has 0 radical (unpaired) electrons. The van der Waals surface area contributed by atoms with Crippen LogP contribution in [0.1, 0.15) is 16.7 Å². The number of carbonyl (C=O) groups is 2. The van der Waals surface area contributed by atoms with E-state index >= 15 is 0 Å². The molecule has 4 nitrogen and oxygen atoms in total. The summed E-state index contributed by atoms with van der Waals surface area (Å²) in [4.78, 5) is 23.5. The summed E-state index contributed by atoms with van der Waals surface area (Å²) < 4.78 is 89.5. The van der Waals surface area contributed by atoms with Gasteiger partial charge in [-0.05, 0) is 35.9 Å². The van der Waals surface area contributed by atoms with Crippen molar-refractivity contribution < 1.29 is 40.3 Å². The van der Waals surface area contributed by atoms with Crippen molar-refractivity contribution in [1.29, 1.82) is 0 Å². The molecule has 2 rings (SSSR count). The van der Waals surface area contributed by atoms with Crippen molar-refractivity contribution in [3.63, 3.8) is 0 Å². The fourth-order valence-corrected chi connectivity index (χ4v) is 2.08. The van der Waals surface area contributed by atoms with Crippen molar-refractivity contribution in [3.05, 3.63) is 65.0 Å². The number of hydrogen-bond donors (Lipinski definition) is 2. The Hall–Kier alpha value is -3.11. The molecule has 2 N–H and O–H groups in total. The van der Waals surface area contributed by atoms with Gasteiger partial charge in [-0.25, -0.2) is 4.39 Å². The van der Waals surface area contributed by atoms with Gasteiger partial charge in [-0.1, -0.05) is 12.1 Å². The molecule has 0 spiro atoms. The third kappa shape index (κ3) is 5.69. The van der Waals surface area contributed by atoms with Gasteiger partial charge in [0.2, 0.25) is 0 Å². The van der Waals surface area contributed by atoms with Gasteiger partial charge >= 0.3 is 24.2 Å². The van der Waals surface area contributed by atoms with Crippen LogP contribution in [0.4, 0.5) is 36.4 Å². The van der Waals surface area contributed by atoms with E-state index in [1.807, 2.05) is 0 Å². The quantitative estimate of drug-likeness (QED) is 0.593. The zero-order valence-corrected chi connectivity index (χ0v) is 13.7. The Morgan fingerprint density at radius 1 is 0.786 bits per heavy atom. The largest absolute Gasteiger partial charge is 0.416 e. The lowest BCUT2D eigenvalue weighted by Gasteiger charge is -2.14. The van der Waals surface area contributed by atoms with Crippen LogP contribution in [-0.2, 0) is 28.5 Å². The minimum Gasteiger partial charge on any atom is -0.344 e. The maximum Gasteiger partial charge on any atom is 0.416 e. The first-order chi connectivity index (χ1) is 12.9. The van der Waals surface area contributed by atoms with Crippen molar-refractivity contribution in [2.24, 2.45) is 0 Å². The maximum absolute atomic E-state index is 12.8. The van der Waals surface area contributed by atoms with E-state index < -0.39 is 46.8 Å². The molecule has 2 amide bonds. The summed E-state index contributed by atoms with van der Waals surface area (Å²) in [5, 5.41) is 3.81. The van der Waals surface area contributed by atoms with Crippen LogP contribution in [0.5, 0.6) is 0 Å². The molecular weight excluding hydrogens is 397 g/mol. The Labute approximate surface area is 153 Å². The second kappa shape index (κ2) is 7.87. The van der Waals surface area contributed by atoms with Crippen LogP contribution in [0, 0.1) is 5.82 Å². The summed E-state index contributed by atoms with van der Waals surface area (Å²) in [5.41, 5.74) is -3.70. The zero-order chi connectivity index (χ0) is 21.1. The number of benzene rings is 2. The smallest absolute Gasteiger partial charge is 0.344 e. The van der Waals surface area contributed by atoms with Crippen molar-refractivity contribution in [1.82, 2.24) is 5.32 Å². The maximum atomic E-state index is 12.8. The van der Waals surface area contributed by atoms with Gasteiger partial charge in [0, 0.05) is 12.2 Å². The number of amides is 2. The van der Waals surface area contributed by atoms with Crippen molar-refractivity contribution in [3.8, 4) is 0 Å². The molecule has 0 atom stereocenters. The first-order valence-electron chi connectivity index (χ1n) is 7.49. The molecule has 28 heavy (non-hydrogen) atoms. The van der Waals surface area contributed by atoms with E-state index in [0.29, 0.717) is 5.56 Å². The molecule has 0 saturated carbocycles. The van der Waals surface area contributed by atoms with Crippen LogP contribution in [0.3, 0.4) is 0 Å². The molecule has 0 unspecified atom stereocenters. The molecule has 0 aromatic heterocycles. The highest BCUT2D eigenvalue weighted by atomic mass is 19.4. The summed E-state index contributed by atoms with van der Waals surface area (Å²) in [7, 11) is 0. The third-order valence-electron chi connectivity index (χ3n) is 3.42. The Kier molecular flexibility index (Phi) is 5.95. The van der Waals surface area contributed by atoms with Gasteiger partial charge in [0.1, 0.15) is 5.82 Å². The molecule has 0 aliphatic carbocycles. The molecule has 2 aromatic carbocycles. The summed E-state index contributed by atoms with van der Waals surface area (Å²) in [6.07, 6.45) is -10.2. The molecule has 2 aromatic rings. The number of halogens is 7. The molecule has 0 bridgehead atoms. The lowest BCUT2D eigenvalue weighted by molar-refractivity contribution is -0.143. The highest BCUT2D eigenvalue weighted by molar-refractivity contribution is 6.39. The lowest BCUT2D eigenvalue weighted by atomic mass is 10.1. The van der Waals surface area contributed by atoms with E-state index in [4.69, 9.17) is 0 Å². The number of rotatable bonds is 3. The zero-order valence-electron chi connectivity index (χ0n) is 13.7. The highest BCUT2D eigenvalue weighted by Crippen LogP contribution is 2.37. The van der Waals surface area contributed by atoms with Crippen LogP contribution in [0.15, 0.2) is 42.5 Å². The lowest BCUT2D eigenvalue weighted by Crippen LogP contribution is -2.35. The van der Waals surface area contributed by atoms with Gasteiger partial charge in [-0.3, -0.25) is 9.59 Å². The van der Waals surface area contributed by atoms with Crippen LogP contribution >= 0.6 is 0 Å². The van der Waals surface area contributed by atoms with E-state index in [-0.39, 0.29) is 24.7 Å². The normalized spacial score (nSPS) is 11.8. The van der Waals surface area contributed by atoms with Crippen LogP contribution in [0.25, 0.3) is 0 Å². The summed E-state index contributed by atoms with van der Waals surface area (Å²) >= 11 is 0. The number of alkyl halides is 6. The van der Waals surface area contributed by atoms with E-state index in [9.17, 15) is 40.3 Å². The van der Waals surface area contributed by atoms with E-state index in [1.54, 1.807) is 5.32 Å². The number of nitrogens with one attached hydrogen (secondary N) is 2. The molecule has 0 aliphatic heterocycles. The monoisotopic (exact) mass is 408 g/mol. The number of carbonyl (C=O) groups excluding carboxylic acids is 2. The number of hydrogen-bond acceptors (Lipinski definition) is 2. The summed E-state index contributed by atoms with van der Waals surface area (Å²) in [6, 6.07) is 5.28. The summed E-state index contributed by atoms with van der Waals surface area (Å²) in [5.74, 6) is -3.29. The molecular formula is C17H11F7N2O2. The summed E-state index contributed by atoms with van der Waals surface area (Å²) in [6.45, 7) is -0.205. The Morgan fingerprint density at radius 2 is 1.29 bits per heavy atom. The average Bonchev–Trinajstić information content (AvgIpc) is 2.59. The predicted octanol–water partition coefficient (Wildman–Crippen LogP) is 4.12. The minimum atomic E-state index is -5.09. The average molecular weight is 408 g/mol. The second-order valence-electron chi connectivity index (χ2n) is 5.56. The standard InChI is InChI=1S/C17H11F7N2O2/c18-12-3-1-9(2-4-12)8-25-14(27)15(28)26-13-6-10(16(19,20)21)5-11(7-13)17(22,23)24/h1-7H,8H2,(H,25,27)(H,26,28). The Balaban J connectivity index is 2.13. The van der Waals surface area contributed by atoms with E-state index in [1.165, 1.54) is 12.1 Å². The third-order valence-corrected chi connectivity index (χ3v) is 3.42. The van der Waals surface area contributed by atoms with Gasteiger partial charge in [0.25, 0.3) is 0 Å². The molecule has 0 heterocycles. The Morgan fingerprint density at radius 3 is 1.75 bits per heavy atom.